The summed E-state index contributed by atoms with van der Waals surface area (Å²) in [4.78, 5) is 11.0. The normalized spacial score (nSPS) is 25.1. The fourth-order valence-corrected chi connectivity index (χ4v) is 2.55. The van der Waals surface area contributed by atoms with Gasteiger partial charge in [-0.05, 0) is 26.2 Å². The van der Waals surface area contributed by atoms with Gasteiger partial charge in [-0.3, -0.25) is 4.90 Å². The molecule has 1 aromatic rings. The molecule has 5 nitrogen and oxygen atoms in total. The molecule has 0 amide bonds. The topological polar surface area (TPSA) is 67.1 Å². The molecule has 3 rings (SSSR count). The van der Waals surface area contributed by atoms with Crippen LogP contribution in [-0.2, 0) is 0 Å². The second-order valence-corrected chi connectivity index (χ2v) is 5.08. The fraction of sp³-hybridized carbons (Fsp3) is 0.667. The molecule has 2 heterocycles. The van der Waals surface area contributed by atoms with Crippen LogP contribution in [-0.4, -0.2) is 40.0 Å². The van der Waals surface area contributed by atoms with Crippen molar-refractivity contribution in [1.29, 1.82) is 0 Å². The third kappa shape index (κ3) is 2.49. The minimum atomic E-state index is 0.504. The summed E-state index contributed by atoms with van der Waals surface area (Å²) < 4.78 is 0. The highest BCUT2D eigenvalue weighted by atomic mass is 15.2. The molecule has 3 N–H and O–H groups in total. The molecular weight excluding hydrogens is 214 g/mol. The average molecular weight is 233 g/mol. The van der Waals surface area contributed by atoms with Crippen molar-refractivity contribution in [3.63, 3.8) is 0 Å². The molecule has 0 spiro atoms. The second-order valence-electron chi connectivity index (χ2n) is 5.08. The molecule has 1 saturated carbocycles. The SMILES string of the molecule is Cc1nc(N)cc(NC2CCN(C3CC3)C2)n1. The molecule has 0 radical (unpaired) electrons. The Morgan fingerprint density at radius 1 is 1.35 bits per heavy atom. The maximum Gasteiger partial charge on any atom is 0.132 e. The number of hydrogen-bond acceptors (Lipinski definition) is 5. The first-order valence-corrected chi connectivity index (χ1v) is 6.32. The summed E-state index contributed by atoms with van der Waals surface area (Å²) in [5, 5.41) is 3.46. The molecule has 0 aromatic carbocycles. The van der Waals surface area contributed by atoms with Crippen LogP contribution >= 0.6 is 0 Å². The average Bonchev–Trinajstić information content (AvgIpc) is 2.99. The summed E-state index contributed by atoms with van der Waals surface area (Å²) in [6.07, 6.45) is 3.96. The van der Waals surface area contributed by atoms with E-state index in [-0.39, 0.29) is 0 Å². The third-order valence-corrected chi connectivity index (χ3v) is 3.49. The highest BCUT2D eigenvalue weighted by molar-refractivity contribution is 5.45. The molecule has 92 valence electrons. The zero-order valence-corrected chi connectivity index (χ0v) is 10.2. The number of aryl methyl sites for hydroxylation is 1. The van der Waals surface area contributed by atoms with Crippen molar-refractivity contribution in [2.75, 3.05) is 24.1 Å². The molecule has 1 aliphatic carbocycles. The molecule has 1 aromatic heterocycles. The lowest BCUT2D eigenvalue weighted by Crippen LogP contribution is -2.28. The minimum absolute atomic E-state index is 0.504. The number of likely N-dealkylation sites (tertiary alicyclic amines) is 1. The Bertz CT molecular complexity index is 395. The van der Waals surface area contributed by atoms with E-state index >= 15 is 0 Å². The number of nitrogens with two attached hydrogens (primary N) is 1. The Kier molecular flexibility index (Phi) is 2.63. The van der Waals surface area contributed by atoms with E-state index in [1.54, 1.807) is 0 Å². The molecule has 1 unspecified atom stereocenters. The lowest BCUT2D eigenvalue weighted by atomic mass is 10.2. The van der Waals surface area contributed by atoms with Crippen LogP contribution < -0.4 is 11.1 Å². The third-order valence-electron chi connectivity index (χ3n) is 3.49. The van der Waals surface area contributed by atoms with Crippen LogP contribution in [0.15, 0.2) is 6.07 Å². The molecule has 5 heteroatoms. The summed E-state index contributed by atoms with van der Waals surface area (Å²) >= 11 is 0. The number of rotatable bonds is 3. The zero-order chi connectivity index (χ0) is 11.8. The van der Waals surface area contributed by atoms with Crippen LogP contribution in [0.5, 0.6) is 0 Å². The van der Waals surface area contributed by atoms with Crippen molar-refractivity contribution < 1.29 is 0 Å². The highest BCUT2D eigenvalue weighted by Gasteiger charge is 2.34. The summed E-state index contributed by atoms with van der Waals surface area (Å²) in [7, 11) is 0. The molecule has 1 aliphatic heterocycles. The molecule has 17 heavy (non-hydrogen) atoms. The number of anilines is 2. The zero-order valence-electron chi connectivity index (χ0n) is 10.2. The Balaban J connectivity index is 1.62. The number of hydrogen-bond donors (Lipinski definition) is 2. The first-order valence-electron chi connectivity index (χ1n) is 6.32. The second kappa shape index (κ2) is 4.14. The van der Waals surface area contributed by atoms with Gasteiger partial charge in [0, 0.05) is 31.2 Å². The van der Waals surface area contributed by atoms with Crippen molar-refractivity contribution in [1.82, 2.24) is 14.9 Å². The first kappa shape index (κ1) is 10.8. The van der Waals surface area contributed by atoms with Crippen molar-refractivity contribution >= 4 is 11.6 Å². The van der Waals surface area contributed by atoms with Crippen molar-refractivity contribution in [2.45, 2.75) is 38.3 Å². The fourth-order valence-electron chi connectivity index (χ4n) is 2.55. The Morgan fingerprint density at radius 3 is 2.88 bits per heavy atom. The van der Waals surface area contributed by atoms with Gasteiger partial charge in [0.1, 0.15) is 17.5 Å². The van der Waals surface area contributed by atoms with Gasteiger partial charge in [-0.25, -0.2) is 9.97 Å². The maximum atomic E-state index is 5.72. The van der Waals surface area contributed by atoms with Crippen LogP contribution in [0.3, 0.4) is 0 Å². The maximum absolute atomic E-state index is 5.72. The van der Waals surface area contributed by atoms with E-state index in [0.29, 0.717) is 11.9 Å². The Hall–Kier alpha value is -1.36. The smallest absolute Gasteiger partial charge is 0.132 e. The summed E-state index contributed by atoms with van der Waals surface area (Å²) in [6.45, 7) is 4.21. The van der Waals surface area contributed by atoms with Gasteiger partial charge in [-0.1, -0.05) is 0 Å². The molecule has 2 aliphatic rings. The molecule has 1 saturated heterocycles. The number of nitrogen functional groups attached to an aromatic ring is 1. The number of aromatic nitrogens is 2. The van der Waals surface area contributed by atoms with Crippen LogP contribution in [0.4, 0.5) is 11.6 Å². The van der Waals surface area contributed by atoms with Crippen LogP contribution in [0.25, 0.3) is 0 Å². The van der Waals surface area contributed by atoms with Gasteiger partial charge < -0.3 is 11.1 Å². The van der Waals surface area contributed by atoms with Crippen LogP contribution in [0, 0.1) is 6.92 Å². The van der Waals surface area contributed by atoms with Crippen LogP contribution in [0.1, 0.15) is 25.1 Å². The number of nitrogens with zero attached hydrogens (tertiary/aromatic N) is 3. The predicted octanol–water partition coefficient (Wildman–Crippen LogP) is 1.02. The van der Waals surface area contributed by atoms with E-state index in [2.05, 4.69) is 20.2 Å². The first-order chi connectivity index (χ1) is 8.20. The minimum Gasteiger partial charge on any atom is -0.384 e. The van der Waals surface area contributed by atoms with Gasteiger partial charge in [0.05, 0.1) is 0 Å². The van der Waals surface area contributed by atoms with E-state index in [4.69, 9.17) is 5.73 Å². The lowest BCUT2D eigenvalue weighted by Gasteiger charge is -2.16. The van der Waals surface area contributed by atoms with Gasteiger partial charge in [-0.15, -0.1) is 0 Å². The lowest BCUT2D eigenvalue weighted by molar-refractivity contribution is 0.326. The van der Waals surface area contributed by atoms with E-state index < -0.39 is 0 Å². The Morgan fingerprint density at radius 2 is 2.18 bits per heavy atom. The van der Waals surface area contributed by atoms with Gasteiger partial charge in [0.25, 0.3) is 0 Å². The molecule has 0 bridgehead atoms. The summed E-state index contributed by atoms with van der Waals surface area (Å²) in [5.41, 5.74) is 5.72. The van der Waals surface area contributed by atoms with E-state index in [1.165, 1.54) is 25.8 Å². The van der Waals surface area contributed by atoms with E-state index in [9.17, 15) is 0 Å². The molecular formula is C12H19N5. The monoisotopic (exact) mass is 233 g/mol. The Labute approximate surface area is 101 Å². The van der Waals surface area contributed by atoms with Gasteiger partial charge in [0.2, 0.25) is 0 Å². The molecule has 2 fully saturated rings. The van der Waals surface area contributed by atoms with Gasteiger partial charge in [-0.2, -0.15) is 0 Å². The largest absolute Gasteiger partial charge is 0.384 e. The van der Waals surface area contributed by atoms with Crippen molar-refractivity contribution in [2.24, 2.45) is 0 Å². The van der Waals surface area contributed by atoms with Crippen LogP contribution in [0.2, 0.25) is 0 Å². The molecule has 1 atom stereocenters. The standard InChI is InChI=1S/C12H19N5/c1-8-14-11(13)6-12(15-8)16-9-4-5-17(7-9)10-2-3-10/h6,9-10H,2-5,7H2,1H3,(H3,13,14,15,16). The number of nitrogens with one attached hydrogen (secondary N) is 1. The van der Waals surface area contributed by atoms with E-state index in [0.717, 1.165) is 24.2 Å². The van der Waals surface area contributed by atoms with Gasteiger partial charge >= 0.3 is 0 Å². The predicted molar refractivity (Wildman–Crippen MR) is 67.8 cm³/mol. The summed E-state index contributed by atoms with van der Waals surface area (Å²) in [6, 6.07) is 3.18. The van der Waals surface area contributed by atoms with Gasteiger partial charge in [0.15, 0.2) is 0 Å². The summed E-state index contributed by atoms with van der Waals surface area (Å²) in [5.74, 6) is 2.12. The highest BCUT2D eigenvalue weighted by Crippen LogP contribution is 2.30. The van der Waals surface area contributed by atoms with Crippen molar-refractivity contribution in [3.8, 4) is 0 Å². The van der Waals surface area contributed by atoms with Crippen molar-refractivity contribution in [3.05, 3.63) is 11.9 Å². The quantitative estimate of drug-likeness (QED) is 0.815. The van der Waals surface area contributed by atoms with E-state index in [1.807, 2.05) is 13.0 Å².